The summed E-state index contributed by atoms with van der Waals surface area (Å²) in [4.78, 5) is 11.9. The summed E-state index contributed by atoms with van der Waals surface area (Å²) in [6.45, 7) is 4.17. The smallest absolute Gasteiger partial charge is 0.277 e. The van der Waals surface area contributed by atoms with Crippen LogP contribution in [0.1, 0.15) is 22.6 Å². The molecule has 6 heteroatoms. The van der Waals surface area contributed by atoms with E-state index >= 15 is 0 Å². The van der Waals surface area contributed by atoms with Crippen LogP contribution in [-0.4, -0.2) is 21.9 Å². The number of thioether (sulfide) groups is 1. The van der Waals surface area contributed by atoms with Gasteiger partial charge in [0.25, 0.3) is 5.22 Å². The van der Waals surface area contributed by atoms with Gasteiger partial charge in [-0.25, -0.2) is 0 Å². The van der Waals surface area contributed by atoms with Crippen molar-refractivity contribution in [2.75, 3.05) is 11.1 Å². The van der Waals surface area contributed by atoms with Gasteiger partial charge in [-0.2, -0.15) is 0 Å². The van der Waals surface area contributed by atoms with E-state index in [1.54, 1.807) is 0 Å². The number of nitrogens with zero attached hydrogens (tertiary/aromatic N) is 2. The van der Waals surface area contributed by atoms with Crippen molar-refractivity contribution in [1.29, 1.82) is 0 Å². The summed E-state index contributed by atoms with van der Waals surface area (Å²) in [5.74, 6) is 0.666. The third kappa shape index (κ3) is 4.93. The molecule has 0 aliphatic carbocycles. The zero-order valence-electron chi connectivity index (χ0n) is 14.2. The minimum Gasteiger partial charge on any atom is -0.416 e. The Morgan fingerprint density at radius 2 is 1.88 bits per heavy atom. The number of aryl methyl sites for hydroxylation is 2. The van der Waals surface area contributed by atoms with Crippen LogP contribution in [0, 0.1) is 13.8 Å². The number of nitrogens with one attached hydrogen (secondary N) is 1. The summed E-state index contributed by atoms with van der Waals surface area (Å²) in [5.41, 5.74) is 4.40. The number of para-hydroxylation sites is 1. The molecule has 1 N–H and O–H groups in total. The minimum atomic E-state index is -0.106. The fourth-order valence-corrected chi connectivity index (χ4v) is 2.88. The van der Waals surface area contributed by atoms with Gasteiger partial charge in [-0.1, -0.05) is 48.2 Å². The maximum absolute atomic E-state index is 11.9. The van der Waals surface area contributed by atoms with Gasteiger partial charge in [-0.3, -0.25) is 4.79 Å². The molecule has 0 radical (unpaired) electrons. The van der Waals surface area contributed by atoms with Crippen molar-refractivity contribution in [3.05, 3.63) is 71.1 Å². The van der Waals surface area contributed by atoms with Crippen LogP contribution in [0.25, 0.3) is 0 Å². The van der Waals surface area contributed by atoms with Crippen molar-refractivity contribution in [2.24, 2.45) is 0 Å². The SMILES string of the molecule is Cc1ccc(Cc2nnc(SCC(=O)Nc3ccccc3)o2)cc1C. The molecule has 0 unspecified atom stereocenters. The monoisotopic (exact) mass is 353 g/mol. The third-order valence-electron chi connectivity index (χ3n) is 3.76. The maximum atomic E-state index is 11.9. The molecule has 0 aliphatic rings. The molecular weight excluding hydrogens is 334 g/mol. The Kier molecular flexibility index (Phi) is 5.50. The van der Waals surface area contributed by atoms with Crippen molar-refractivity contribution in [3.8, 4) is 0 Å². The van der Waals surface area contributed by atoms with Gasteiger partial charge in [0, 0.05) is 5.69 Å². The number of aromatic nitrogens is 2. The lowest BCUT2D eigenvalue weighted by Crippen LogP contribution is -2.13. The molecule has 25 heavy (non-hydrogen) atoms. The Bertz CT molecular complexity index is 862. The van der Waals surface area contributed by atoms with Gasteiger partial charge in [0.15, 0.2) is 0 Å². The van der Waals surface area contributed by atoms with Crippen LogP contribution in [0.5, 0.6) is 0 Å². The number of carbonyl (C=O) groups is 1. The van der Waals surface area contributed by atoms with Gasteiger partial charge in [-0.15, -0.1) is 10.2 Å². The molecule has 0 bridgehead atoms. The highest BCUT2D eigenvalue weighted by Gasteiger charge is 2.11. The summed E-state index contributed by atoms with van der Waals surface area (Å²) in [5, 5.41) is 11.3. The lowest BCUT2D eigenvalue weighted by atomic mass is 10.0. The zero-order valence-corrected chi connectivity index (χ0v) is 15.0. The number of benzene rings is 2. The Morgan fingerprint density at radius 1 is 1.08 bits per heavy atom. The van der Waals surface area contributed by atoms with Crippen LogP contribution >= 0.6 is 11.8 Å². The first kappa shape index (κ1) is 17.2. The van der Waals surface area contributed by atoms with E-state index in [0.29, 0.717) is 17.5 Å². The molecule has 0 spiro atoms. The highest BCUT2D eigenvalue weighted by Crippen LogP contribution is 2.19. The van der Waals surface area contributed by atoms with E-state index in [1.807, 2.05) is 30.3 Å². The molecule has 0 atom stereocenters. The van der Waals surface area contributed by atoms with Gasteiger partial charge >= 0.3 is 0 Å². The first-order chi connectivity index (χ1) is 12.1. The number of hydrogen-bond acceptors (Lipinski definition) is 5. The van der Waals surface area contributed by atoms with E-state index in [2.05, 4.69) is 47.6 Å². The molecular formula is C19H19N3O2S. The van der Waals surface area contributed by atoms with Crippen LogP contribution in [0.15, 0.2) is 58.2 Å². The van der Waals surface area contributed by atoms with Crippen molar-refractivity contribution < 1.29 is 9.21 Å². The predicted octanol–water partition coefficient (Wildman–Crippen LogP) is 4.01. The lowest BCUT2D eigenvalue weighted by molar-refractivity contribution is -0.113. The summed E-state index contributed by atoms with van der Waals surface area (Å²) >= 11 is 1.23. The average molecular weight is 353 g/mol. The Morgan fingerprint density at radius 3 is 2.64 bits per heavy atom. The van der Waals surface area contributed by atoms with Crippen LogP contribution in [0.2, 0.25) is 0 Å². The fourth-order valence-electron chi connectivity index (χ4n) is 2.30. The molecule has 0 fully saturated rings. The van der Waals surface area contributed by atoms with Gasteiger partial charge in [-0.05, 0) is 42.7 Å². The van der Waals surface area contributed by atoms with E-state index < -0.39 is 0 Å². The molecule has 3 aromatic rings. The highest BCUT2D eigenvalue weighted by atomic mass is 32.2. The summed E-state index contributed by atoms with van der Waals surface area (Å²) in [7, 11) is 0. The van der Waals surface area contributed by atoms with E-state index in [0.717, 1.165) is 11.3 Å². The van der Waals surface area contributed by atoms with Gasteiger partial charge in [0.2, 0.25) is 11.8 Å². The van der Waals surface area contributed by atoms with Gasteiger partial charge < -0.3 is 9.73 Å². The topological polar surface area (TPSA) is 68.0 Å². The van der Waals surface area contributed by atoms with Crippen LogP contribution in [-0.2, 0) is 11.2 Å². The second-order valence-corrected chi connectivity index (χ2v) is 6.69. The zero-order chi connectivity index (χ0) is 17.6. The molecule has 2 aromatic carbocycles. The van der Waals surface area contributed by atoms with Crippen LogP contribution < -0.4 is 5.32 Å². The minimum absolute atomic E-state index is 0.106. The number of carbonyl (C=O) groups excluding carboxylic acids is 1. The largest absolute Gasteiger partial charge is 0.416 e. The number of anilines is 1. The quantitative estimate of drug-likeness (QED) is 0.678. The van der Waals surface area contributed by atoms with E-state index in [9.17, 15) is 4.79 Å². The van der Waals surface area contributed by atoms with Crippen molar-refractivity contribution in [3.63, 3.8) is 0 Å². The molecule has 0 aliphatic heterocycles. The number of rotatable bonds is 6. The van der Waals surface area contributed by atoms with Crippen molar-refractivity contribution in [1.82, 2.24) is 10.2 Å². The van der Waals surface area contributed by atoms with E-state index in [1.165, 1.54) is 22.9 Å². The summed E-state index contributed by atoms with van der Waals surface area (Å²) < 4.78 is 5.62. The predicted molar refractivity (Wildman–Crippen MR) is 98.8 cm³/mol. The third-order valence-corrected chi connectivity index (χ3v) is 4.58. The summed E-state index contributed by atoms with van der Waals surface area (Å²) in [6.07, 6.45) is 0.588. The highest BCUT2D eigenvalue weighted by molar-refractivity contribution is 7.99. The molecule has 3 rings (SSSR count). The van der Waals surface area contributed by atoms with E-state index in [-0.39, 0.29) is 11.7 Å². The molecule has 5 nitrogen and oxygen atoms in total. The molecule has 1 heterocycles. The molecule has 0 saturated heterocycles. The normalized spacial score (nSPS) is 10.6. The number of amides is 1. The van der Waals surface area contributed by atoms with Crippen LogP contribution in [0.3, 0.4) is 0 Å². The standard InChI is InChI=1S/C19H19N3O2S/c1-13-8-9-15(10-14(13)2)11-18-21-22-19(24-18)25-12-17(23)20-16-6-4-3-5-7-16/h3-10H,11-12H2,1-2H3,(H,20,23). The Hall–Kier alpha value is -2.60. The Labute approximate surface area is 150 Å². The lowest BCUT2D eigenvalue weighted by Gasteiger charge is -2.03. The van der Waals surface area contributed by atoms with Crippen molar-refractivity contribution in [2.45, 2.75) is 25.5 Å². The maximum Gasteiger partial charge on any atom is 0.277 e. The first-order valence-corrected chi connectivity index (χ1v) is 8.95. The second kappa shape index (κ2) is 7.98. The average Bonchev–Trinajstić information content (AvgIpc) is 3.05. The molecule has 1 amide bonds. The summed E-state index contributed by atoms with van der Waals surface area (Å²) in [6, 6.07) is 15.6. The first-order valence-electron chi connectivity index (χ1n) is 7.96. The van der Waals surface area contributed by atoms with Gasteiger partial charge in [0.1, 0.15) is 0 Å². The van der Waals surface area contributed by atoms with Crippen molar-refractivity contribution >= 4 is 23.4 Å². The molecule has 0 saturated carbocycles. The Balaban J connectivity index is 1.53. The second-order valence-electron chi connectivity index (χ2n) is 5.76. The van der Waals surface area contributed by atoms with Gasteiger partial charge in [0.05, 0.1) is 12.2 Å². The van der Waals surface area contributed by atoms with Crippen LogP contribution in [0.4, 0.5) is 5.69 Å². The van der Waals surface area contributed by atoms with E-state index in [4.69, 9.17) is 4.42 Å². The number of hydrogen-bond donors (Lipinski definition) is 1. The molecule has 128 valence electrons. The molecule has 1 aromatic heterocycles. The fraction of sp³-hybridized carbons (Fsp3) is 0.211.